The molecule has 130 valence electrons. The molecule has 0 aliphatic carbocycles. The summed E-state index contributed by atoms with van der Waals surface area (Å²) < 4.78 is 5.48. The third kappa shape index (κ3) is 2.64. The number of nitrogens with one attached hydrogen (secondary N) is 2. The molecule has 1 fully saturated rings. The van der Waals surface area contributed by atoms with Crippen LogP contribution in [0.5, 0.6) is 0 Å². The predicted octanol–water partition coefficient (Wildman–Crippen LogP) is 3.69. The first kappa shape index (κ1) is 15.2. The number of benzene rings is 2. The van der Waals surface area contributed by atoms with Crippen molar-refractivity contribution in [2.75, 3.05) is 36.5 Å². The monoisotopic (exact) mass is 345 g/mol. The highest BCUT2D eigenvalue weighted by atomic mass is 16.5. The molecule has 4 aromatic rings. The summed E-state index contributed by atoms with van der Waals surface area (Å²) in [5.74, 6) is 0.740. The van der Waals surface area contributed by atoms with Gasteiger partial charge in [-0.1, -0.05) is 18.2 Å². The highest BCUT2D eigenvalue weighted by molar-refractivity contribution is 5.97. The first-order valence-electron chi connectivity index (χ1n) is 8.80. The fraction of sp³-hybridized carbons (Fsp3) is 0.200. The van der Waals surface area contributed by atoms with Gasteiger partial charge in [0, 0.05) is 36.0 Å². The second-order valence-electron chi connectivity index (χ2n) is 6.41. The van der Waals surface area contributed by atoms with Crippen molar-refractivity contribution < 1.29 is 4.74 Å². The highest BCUT2D eigenvalue weighted by Crippen LogP contribution is 2.31. The van der Waals surface area contributed by atoms with E-state index in [1.165, 1.54) is 16.5 Å². The zero-order valence-corrected chi connectivity index (χ0v) is 14.3. The van der Waals surface area contributed by atoms with Crippen molar-refractivity contribution in [2.45, 2.75) is 0 Å². The van der Waals surface area contributed by atoms with E-state index in [1.807, 2.05) is 12.1 Å². The number of H-pyrrole nitrogens is 1. The van der Waals surface area contributed by atoms with Crippen LogP contribution in [-0.2, 0) is 4.74 Å². The van der Waals surface area contributed by atoms with Crippen molar-refractivity contribution in [3.8, 4) is 0 Å². The second kappa shape index (κ2) is 6.31. The summed E-state index contributed by atoms with van der Waals surface area (Å²) in [7, 11) is 0. The largest absolute Gasteiger partial charge is 0.378 e. The van der Waals surface area contributed by atoms with Crippen LogP contribution in [0.3, 0.4) is 0 Å². The van der Waals surface area contributed by atoms with Crippen LogP contribution in [0.1, 0.15) is 0 Å². The van der Waals surface area contributed by atoms with E-state index in [1.54, 1.807) is 6.20 Å². The Hall–Kier alpha value is -3.12. The van der Waals surface area contributed by atoms with Crippen LogP contribution in [0.15, 0.2) is 54.7 Å². The average molecular weight is 345 g/mol. The molecule has 0 unspecified atom stereocenters. The van der Waals surface area contributed by atoms with Gasteiger partial charge in [-0.05, 0) is 35.7 Å². The van der Waals surface area contributed by atoms with Gasteiger partial charge >= 0.3 is 0 Å². The van der Waals surface area contributed by atoms with Gasteiger partial charge < -0.3 is 15.0 Å². The second-order valence-corrected chi connectivity index (χ2v) is 6.41. The van der Waals surface area contributed by atoms with E-state index >= 15 is 0 Å². The molecule has 2 aromatic heterocycles. The lowest BCUT2D eigenvalue weighted by atomic mass is 10.1. The molecule has 1 aliphatic rings. The summed E-state index contributed by atoms with van der Waals surface area (Å²) in [6.45, 7) is 3.44. The number of aromatic amines is 1. The van der Waals surface area contributed by atoms with Crippen molar-refractivity contribution in [2.24, 2.45) is 0 Å². The lowest BCUT2D eigenvalue weighted by Crippen LogP contribution is -2.36. The Kier molecular flexibility index (Phi) is 3.68. The molecule has 5 rings (SSSR count). The Balaban J connectivity index is 1.50. The third-order valence-corrected chi connectivity index (χ3v) is 4.79. The van der Waals surface area contributed by atoms with E-state index in [9.17, 15) is 0 Å². The first-order valence-corrected chi connectivity index (χ1v) is 8.80. The van der Waals surface area contributed by atoms with Gasteiger partial charge in [0.1, 0.15) is 5.52 Å². The Labute approximate surface area is 150 Å². The maximum absolute atomic E-state index is 5.48. The predicted molar refractivity (Wildman–Crippen MR) is 104 cm³/mol. The molecule has 1 saturated heterocycles. The lowest BCUT2D eigenvalue weighted by Gasteiger charge is -2.30. The number of aromatic nitrogens is 3. The van der Waals surface area contributed by atoms with Gasteiger partial charge in [-0.25, -0.2) is 0 Å². The minimum absolute atomic E-state index is 0.740. The van der Waals surface area contributed by atoms with Crippen LogP contribution < -0.4 is 10.2 Å². The third-order valence-electron chi connectivity index (χ3n) is 4.79. The minimum atomic E-state index is 0.740. The molecule has 1 aliphatic heterocycles. The summed E-state index contributed by atoms with van der Waals surface area (Å²) >= 11 is 0. The van der Waals surface area contributed by atoms with Crippen LogP contribution in [0.25, 0.3) is 21.8 Å². The van der Waals surface area contributed by atoms with Gasteiger partial charge in [0.05, 0.1) is 18.7 Å². The zero-order chi connectivity index (χ0) is 17.3. The maximum atomic E-state index is 5.48. The van der Waals surface area contributed by atoms with Gasteiger partial charge in [0.2, 0.25) is 0 Å². The topological polar surface area (TPSA) is 66.1 Å². The highest BCUT2D eigenvalue weighted by Gasteiger charge is 2.14. The summed E-state index contributed by atoms with van der Waals surface area (Å²) in [5, 5.41) is 13.2. The zero-order valence-electron chi connectivity index (χ0n) is 14.3. The number of nitrogens with zero attached hydrogens (tertiary/aromatic N) is 3. The Bertz CT molecular complexity index is 1070. The molecule has 6 nitrogen and oxygen atoms in total. The summed E-state index contributed by atoms with van der Waals surface area (Å²) in [5.41, 5.74) is 4.03. The van der Waals surface area contributed by atoms with Crippen molar-refractivity contribution >= 4 is 39.0 Å². The van der Waals surface area contributed by atoms with E-state index in [0.29, 0.717) is 0 Å². The standard InChI is InChI=1S/C20H19N5O/c1-3-14-13-15(22-20-19-17(23-24-20)4-2-8-21-19)6-7-16(14)18(5-1)25-9-11-26-12-10-25/h1-8,13H,9-12H2,(H2,22,23,24). The molecule has 3 heterocycles. The molecule has 2 N–H and O–H groups in total. The smallest absolute Gasteiger partial charge is 0.178 e. The van der Waals surface area contributed by atoms with Crippen LogP contribution in [0, 0.1) is 0 Å². The minimum Gasteiger partial charge on any atom is -0.378 e. The van der Waals surface area contributed by atoms with Gasteiger partial charge in [0.15, 0.2) is 5.82 Å². The SMILES string of the molecule is c1cc(N2CCOCC2)c2ccc(Nc3n[nH]c4cccnc34)cc2c1. The maximum Gasteiger partial charge on any atom is 0.178 e. The number of fused-ring (bicyclic) bond motifs is 2. The van der Waals surface area contributed by atoms with Gasteiger partial charge in [-0.2, -0.15) is 5.10 Å². The number of rotatable bonds is 3. The van der Waals surface area contributed by atoms with Crippen molar-refractivity contribution in [3.05, 3.63) is 54.7 Å². The van der Waals surface area contributed by atoms with Gasteiger partial charge in [-0.15, -0.1) is 0 Å². The van der Waals surface area contributed by atoms with E-state index < -0.39 is 0 Å². The molecular weight excluding hydrogens is 326 g/mol. The average Bonchev–Trinajstić information content (AvgIpc) is 3.11. The number of pyridine rings is 1. The molecule has 0 atom stereocenters. The van der Waals surface area contributed by atoms with Crippen molar-refractivity contribution in [1.29, 1.82) is 0 Å². The van der Waals surface area contributed by atoms with E-state index in [4.69, 9.17) is 4.74 Å². The number of hydrogen-bond donors (Lipinski definition) is 2. The number of ether oxygens (including phenoxy) is 1. The number of morpholine rings is 1. The van der Waals surface area contributed by atoms with Crippen molar-refractivity contribution in [1.82, 2.24) is 15.2 Å². The number of anilines is 3. The molecule has 0 saturated carbocycles. The van der Waals surface area contributed by atoms with Crippen LogP contribution >= 0.6 is 0 Å². The Morgan fingerprint density at radius 3 is 2.88 bits per heavy atom. The molecule has 0 bridgehead atoms. The first-order chi connectivity index (χ1) is 12.9. The van der Waals surface area contributed by atoms with E-state index in [-0.39, 0.29) is 0 Å². The lowest BCUT2D eigenvalue weighted by molar-refractivity contribution is 0.123. The molecule has 26 heavy (non-hydrogen) atoms. The molecule has 6 heteroatoms. The molecule has 0 spiro atoms. The normalized spacial score (nSPS) is 14.8. The Morgan fingerprint density at radius 1 is 1.04 bits per heavy atom. The molecule has 2 aromatic carbocycles. The quantitative estimate of drug-likeness (QED) is 0.593. The fourth-order valence-corrected chi connectivity index (χ4v) is 3.50. The van der Waals surface area contributed by atoms with E-state index in [0.717, 1.165) is 48.8 Å². The molecular formula is C20H19N5O. The van der Waals surface area contributed by atoms with Crippen LogP contribution in [0.2, 0.25) is 0 Å². The van der Waals surface area contributed by atoms with Crippen LogP contribution in [0.4, 0.5) is 17.2 Å². The van der Waals surface area contributed by atoms with E-state index in [2.05, 4.69) is 61.8 Å². The van der Waals surface area contributed by atoms with Gasteiger partial charge in [-0.3, -0.25) is 10.1 Å². The molecule has 0 amide bonds. The Morgan fingerprint density at radius 2 is 1.96 bits per heavy atom. The van der Waals surface area contributed by atoms with Crippen molar-refractivity contribution in [3.63, 3.8) is 0 Å². The fourth-order valence-electron chi connectivity index (χ4n) is 3.50. The molecule has 0 radical (unpaired) electrons. The van der Waals surface area contributed by atoms with Crippen LogP contribution in [-0.4, -0.2) is 41.5 Å². The summed E-state index contributed by atoms with van der Waals surface area (Å²) in [6.07, 6.45) is 1.78. The summed E-state index contributed by atoms with van der Waals surface area (Å²) in [4.78, 5) is 6.79. The summed E-state index contributed by atoms with van der Waals surface area (Å²) in [6, 6.07) is 16.7. The number of hydrogen-bond acceptors (Lipinski definition) is 5. The van der Waals surface area contributed by atoms with Gasteiger partial charge in [0.25, 0.3) is 0 Å².